The average molecular weight is 576 g/mol. The fourth-order valence-corrected chi connectivity index (χ4v) is 8.19. The van der Waals surface area contributed by atoms with Crippen molar-refractivity contribution in [2.75, 3.05) is 5.75 Å². The maximum absolute atomic E-state index is 13.9. The Morgan fingerprint density at radius 1 is 1.08 bits per heavy atom. The number of sulfone groups is 1. The Labute approximate surface area is 225 Å². The second-order valence-electron chi connectivity index (χ2n) is 9.32. The van der Waals surface area contributed by atoms with Gasteiger partial charge in [-0.2, -0.15) is 5.10 Å². The van der Waals surface area contributed by atoms with E-state index >= 15 is 0 Å². The van der Waals surface area contributed by atoms with Gasteiger partial charge in [-0.15, -0.1) is 11.3 Å². The summed E-state index contributed by atoms with van der Waals surface area (Å²) >= 11 is 1.36. The number of nitrogens with two attached hydrogens (primary N) is 1. The third-order valence-corrected chi connectivity index (χ3v) is 10.5. The van der Waals surface area contributed by atoms with Crippen molar-refractivity contribution in [1.29, 1.82) is 0 Å². The lowest BCUT2D eigenvalue weighted by molar-refractivity contribution is -0.131. The molecule has 0 radical (unpaired) electrons. The number of sulfonamides is 1. The Balaban J connectivity index is 1.66. The minimum absolute atomic E-state index is 0.140. The van der Waals surface area contributed by atoms with E-state index in [9.17, 15) is 21.6 Å². The predicted octanol–water partition coefficient (Wildman–Crippen LogP) is 2.95. The Bertz CT molecular complexity index is 1600. The molecule has 2 heterocycles. The smallest absolute Gasteiger partial charge is 0.267 e. The van der Waals surface area contributed by atoms with Crippen molar-refractivity contribution in [3.05, 3.63) is 77.6 Å². The number of hydrogen-bond acceptors (Lipinski definition) is 9. The third-order valence-electron chi connectivity index (χ3n) is 6.19. The molecule has 1 amide bonds. The lowest BCUT2D eigenvalue weighted by Crippen LogP contribution is -2.54. The molecule has 0 bridgehead atoms. The van der Waals surface area contributed by atoms with Crippen LogP contribution in [0.5, 0.6) is 0 Å². The fraction of sp³-hybridized carbons (Fsp3) is 0.320. The van der Waals surface area contributed by atoms with Crippen LogP contribution in [-0.4, -0.2) is 54.1 Å². The first kappa shape index (κ1) is 27.9. The zero-order valence-electron chi connectivity index (χ0n) is 20.9. The van der Waals surface area contributed by atoms with Crippen molar-refractivity contribution in [1.82, 2.24) is 19.5 Å². The molecule has 13 heteroatoms. The van der Waals surface area contributed by atoms with Gasteiger partial charge in [-0.25, -0.2) is 26.1 Å². The van der Waals surface area contributed by atoms with Crippen LogP contribution in [0.1, 0.15) is 25.1 Å². The molecular formula is C25H29N5O5S3. The quantitative estimate of drug-likeness (QED) is 0.259. The van der Waals surface area contributed by atoms with Crippen LogP contribution in [0.15, 0.2) is 71.2 Å². The number of nitrogens with zero attached hydrogens (tertiary/aromatic N) is 3. The van der Waals surface area contributed by atoms with Crippen molar-refractivity contribution >= 4 is 47.3 Å². The molecule has 0 aliphatic carbocycles. The first-order chi connectivity index (χ1) is 18.0. The second-order valence-corrected chi connectivity index (χ2v) is 14.1. The Morgan fingerprint density at radius 3 is 2.50 bits per heavy atom. The van der Waals surface area contributed by atoms with Gasteiger partial charge in [-0.1, -0.05) is 44.2 Å². The number of thiazole rings is 1. The predicted molar refractivity (Wildman–Crippen MR) is 146 cm³/mol. The lowest BCUT2D eigenvalue weighted by atomic mass is 9.98. The van der Waals surface area contributed by atoms with Crippen LogP contribution < -0.4 is 5.73 Å². The van der Waals surface area contributed by atoms with Gasteiger partial charge in [0.05, 0.1) is 49.9 Å². The molecule has 4 rings (SSSR count). The molecule has 0 saturated heterocycles. The number of benzene rings is 2. The number of fused-ring (bicyclic) bond motifs is 1. The average Bonchev–Trinajstić information content (AvgIpc) is 3.55. The lowest BCUT2D eigenvalue weighted by Gasteiger charge is -2.34. The van der Waals surface area contributed by atoms with E-state index < -0.39 is 49.5 Å². The molecule has 2 aromatic carbocycles. The van der Waals surface area contributed by atoms with Crippen LogP contribution in [0.25, 0.3) is 10.2 Å². The van der Waals surface area contributed by atoms with Gasteiger partial charge < -0.3 is 5.73 Å². The van der Waals surface area contributed by atoms with Crippen LogP contribution in [0.2, 0.25) is 0 Å². The Morgan fingerprint density at radius 2 is 1.82 bits per heavy atom. The molecule has 0 fully saturated rings. The second kappa shape index (κ2) is 11.3. The highest BCUT2D eigenvalue weighted by atomic mass is 32.2. The molecule has 0 aliphatic heterocycles. The fourth-order valence-electron chi connectivity index (χ4n) is 4.21. The summed E-state index contributed by atoms with van der Waals surface area (Å²) in [5, 5.41) is 6.33. The molecule has 3 N–H and O–H groups in total. The van der Waals surface area contributed by atoms with E-state index in [1.54, 1.807) is 18.5 Å². The minimum atomic E-state index is -4.44. The largest absolute Gasteiger partial charge is 0.310 e. The first-order valence-corrected chi connectivity index (χ1v) is 16.0. The normalized spacial score (nSPS) is 14.7. The Hall–Kier alpha value is -3.13. The highest BCUT2D eigenvalue weighted by Gasteiger charge is 2.40. The van der Waals surface area contributed by atoms with E-state index in [4.69, 9.17) is 5.73 Å². The van der Waals surface area contributed by atoms with Gasteiger partial charge in [0.1, 0.15) is 0 Å². The number of carbonyl (C=O) groups excluding carboxylic acids is 1. The molecule has 10 nitrogen and oxygen atoms in total. The Kier molecular flexibility index (Phi) is 8.31. The molecule has 0 saturated carbocycles. The van der Waals surface area contributed by atoms with E-state index in [0.717, 1.165) is 10.3 Å². The minimum Gasteiger partial charge on any atom is -0.310 e. The van der Waals surface area contributed by atoms with Crippen LogP contribution >= 0.6 is 11.3 Å². The SMILES string of the molecule is CC(CS(=O)(=O)Cc1ccn[nH]1)C(=O)N([C@H](N)[C@@H](C)Cc1ccccc1)S(=O)(=O)c1ccc2scnc2c1. The summed E-state index contributed by atoms with van der Waals surface area (Å²) < 4.78 is 54.9. The van der Waals surface area contributed by atoms with Crippen molar-refractivity contribution in [3.63, 3.8) is 0 Å². The van der Waals surface area contributed by atoms with Gasteiger partial charge in [0.15, 0.2) is 9.84 Å². The highest BCUT2D eigenvalue weighted by molar-refractivity contribution is 7.90. The first-order valence-electron chi connectivity index (χ1n) is 11.9. The molecule has 202 valence electrons. The topological polar surface area (TPSA) is 156 Å². The van der Waals surface area contributed by atoms with Crippen LogP contribution in [0.3, 0.4) is 0 Å². The molecule has 4 aromatic rings. The van der Waals surface area contributed by atoms with Gasteiger partial charge in [-0.3, -0.25) is 9.89 Å². The van der Waals surface area contributed by atoms with E-state index in [2.05, 4.69) is 15.2 Å². The number of rotatable bonds is 11. The van der Waals surface area contributed by atoms with Crippen LogP contribution in [0.4, 0.5) is 0 Å². The third kappa shape index (κ3) is 6.29. The summed E-state index contributed by atoms with van der Waals surface area (Å²) in [5.41, 5.74) is 9.87. The van der Waals surface area contributed by atoms with Crippen LogP contribution in [-0.2, 0) is 36.8 Å². The number of nitrogens with one attached hydrogen (secondary N) is 1. The summed E-state index contributed by atoms with van der Waals surface area (Å²) in [5.74, 6) is -3.43. The summed E-state index contributed by atoms with van der Waals surface area (Å²) in [6, 6.07) is 15.3. The van der Waals surface area contributed by atoms with Gasteiger partial charge >= 0.3 is 0 Å². The summed E-state index contributed by atoms with van der Waals surface area (Å²) in [7, 11) is -8.22. The molecule has 38 heavy (non-hydrogen) atoms. The molecule has 2 aromatic heterocycles. The van der Waals surface area contributed by atoms with Gasteiger partial charge in [0, 0.05) is 6.20 Å². The van der Waals surface area contributed by atoms with Gasteiger partial charge in [-0.05, 0) is 42.2 Å². The summed E-state index contributed by atoms with van der Waals surface area (Å²) in [6.45, 7) is 3.16. The number of hydrogen-bond donors (Lipinski definition) is 2. The summed E-state index contributed by atoms with van der Waals surface area (Å²) in [6.07, 6.45) is 0.607. The monoisotopic (exact) mass is 575 g/mol. The number of aromatic amines is 1. The van der Waals surface area contributed by atoms with Crippen molar-refractivity contribution in [3.8, 4) is 0 Å². The zero-order valence-corrected chi connectivity index (χ0v) is 23.3. The van der Waals surface area contributed by atoms with E-state index in [1.807, 2.05) is 30.3 Å². The van der Waals surface area contributed by atoms with Crippen molar-refractivity contribution in [2.45, 2.75) is 37.1 Å². The number of aromatic nitrogens is 3. The van der Waals surface area contributed by atoms with Crippen molar-refractivity contribution < 1.29 is 21.6 Å². The standard InChI is InChI=1S/C25H29N5O5S3/c1-17(12-19-6-4-3-5-7-19)24(26)30(38(34,35)21-8-9-23-22(13-21)27-16-36-23)25(31)18(2)14-37(32,33)15-20-10-11-28-29-20/h3-11,13,16-18,24H,12,14-15,26H2,1-2H3,(H,28,29)/t17-,18?,24-/m0/s1. The highest BCUT2D eigenvalue weighted by Crippen LogP contribution is 2.28. The summed E-state index contributed by atoms with van der Waals surface area (Å²) in [4.78, 5) is 17.8. The number of H-pyrrole nitrogens is 1. The number of amides is 1. The number of carbonyl (C=O) groups is 1. The molecule has 1 unspecified atom stereocenters. The van der Waals surface area contributed by atoms with Crippen LogP contribution in [0, 0.1) is 11.8 Å². The zero-order chi connectivity index (χ0) is 27.5. The maximum Gasteiger partial charge on any atom is 0.267 e. The molecule has 3 atom stereocenters. The molecular weight excluding hydrogens is 547 g/mol. The van der Waals surface area contributed by atoms with Crippen molar-refractivity contribution in [2.24, 2.45) is 17.6 Å². The maximum atomic E-state index is 13.9. The van der Waals surface area contributed by atoms with E-state index in [0.29, 0.717) is 21.9 Å². The van der Waals surface area contributed by atoms with E-state index in [-0.39, 0.29) is 10.6 Å². The molecule has 0 spiro atoms. The van der Waals surface area contributed by atoms with Gasteiger partial charge in [0.25, 0.3) is 10.0 Å². The van der Waals surface area contributed by atoms with E-state index in [1.165, 1.54) is 42.7 Å². The van der Waals surface area contributed by atoms with Gasteiger partial charge in [0.2, 0.25) is 5.91 Å². The molecule has 0 aliphatic rings.